The predicted molar refractivity (Wildman–Crippen MR) is 461 cm³/mol. The summed E-state index contributed by atoms with van der Waals surface area (Å²) in [7, 11) is 0. The molecule has 0 aromatic heterocycles. The summed E-state index contributed by atoms with van der Waals surface area (Å²) in [6.45, 7) is -5.92. The number of nitrogens with zero attached hydrogens (tertiary/aromatic N) is 12. The number of carboxylic acid groups (broad SMARTS) is 1. The molecule has 13 aliphatic heterocycles. The van der Waals surface area contributed by atoms with Crippen LogP contribution in [0.3, 0.4) is 0 Å². The van der Waals surface area contributed by atoms with E-state index in [1.165, 1.54) is 41.2 Å². The molecule has 744 valence electrons. The molecule has 13 fully saturated rings. The third kappa shape index (κ3) is 23.4. The highest BCUT2D eigenvalue weighted by molar-refractivity contribution is 7.98. The van der Waals surface area contributed by atoms with Gasteiger partial charge in [0.05, 0.1) is 88.0 Å². The van der Waals surface area contributed by atoms with Crippen molar-refractivity contribution < 1.29 is 142 Å². The van der Waals surface area contributed by atoms with Crippen LogP contribution in [0, 0.1) is 0 Å². The number of nitrogens with one attached hydrogen (secondary N) is 9. The minimum absolute atomic E-state index is 0.0166. The van der Waals surface area contributed by atoms with Gasteiger partial charge in [-0.1, -0.05) is 0 Å². The van der Waals surface area contributed by atoms with E-state index in [0.717, 1.165) is 29.4 Å². The van der Waals surface area contributed by atoms with E-state index in [1.54, 1.807) is 6.26 Å². The lowest BCUT2D eigenvalue weighted by Crippen LogP contribution is -2.57. The van der Waals surface area contributed by atoms with E-state index in [4.69, 9.17) is 5.11 Å². The normalized spacial score (nSPS) is 30.1. The average Bonchev–Trinajstić information content (AvgIpc) is 1.64. The minimum atomic E-state index is -1.33. The van der Waals surface area contributed by atoms with Gasteiger partial charge in [0.25, 0.3) is 0 Å². The van der Waals surface area contributed by atoms with Crippen LogP contribution < -0.4 is 47.9 Å². The predicted octanol–water partition coefficient (Wildman–Crippen LogP) is -13.4. The van der Waals surface area contributed by atoms with Crippen LogP contribution in [0.5, 0.6) is 0 Å². The fraction of sp³-hybridized carbons (Fsp3) is 0.750. The van der Waals surface area contributed by atoms with Crippen LogP contribution in [-0.2, 0) is 101 Å². The molecule has 0 spiro atoms. The standard InChI is InChI=1S/C84H123N21O29S/c1-135-21-14-50(93-78(128)58-23-44(107)37-100(58)64(113)31-87-72(122)52-8-2-15-94(52)79(129)51-22-43(106)29-85-51)71(121)86-30-65(114)101-38-45(108)24-59(101)80(130)95-16-3-9-53(95)73(123)88-32-66(115)102-39-46(109)25-60(102)81(131)96-17-4-10-54(96)74(124)89-33-67(116)103-40-47(110)26-61(103)82(132)97-18-5-11-55(97)75(125)90-34-68(117)104-41-48(111)27-62(104)83(133)98-19-6-12-56(98)76(126)91-35-69(118)105-42-49(112)28-63(105)84(134)99-20-7-13-57(99)77(127)92-36-70(119)120/h43-63,85,106-112H,2-42H2,1H3,(H,86,121)(H,87,122)(H,88,123)(H,89,124)(H,90,125)(H,91,126)(H,92,127)(H,93,128)(H,119,120)/t43-,44-,45-,46-,47-,48-,49-,50+,51+,52+,53+,54+,55+,56+,57+,58+,59+,60+,61+,62+,63+/m1/s1. The molecule has 50 nitrogen and oxygen atoms in total. The summed E-state index contributed by atoms with van der Waals surface area (Å²) in [5.74, 6) is -15.5. The van der Waals surface area contributed by atoms with E-state index < -0.39 is 291 Å². The fourth-order valence-corrected chi connectivity index (χ4v) is 21.7. The Balaban J connectivity index is 0.538. The number of carboxylic acids is 1. The highest BCUT2D eigenvalue weighted by Crippen LogP contribution is 2.34. The van der Waals surface area contributed by atoms with Gasteiger partial charge in [0.1, 0.15) is 85.1 Å². The molecule has 0 saturated carbocycles. The van der Waals surface area contributed by atoms with Crippen molar-refractivity contribution in [1.82, 2.24) is 107 Å². The lowest BCUT2D eigenvalue weighted by molar-refractivity contribution is -0.148. The zero-order valence-corrected chi connectivity index (χ0v) is 75.9. The molecule has 13 rings (SSSR count). The largest absolute Gasteiger partial charge is 0.480 e. The van der Waals surface area contributed by atoms with Gasteiger partial charge in [-0.05, 0) is 102 Å². The average molecular weight is 1920 g/mol. The van der Waals surface area contributed by atoms with Crippen molar-refractivity contribution in [2.45, 2.75) is 256 Å². The maximum absolute atomic E-state index is 14.5. The highest BCUT2D eigenvalue weighted by atomic mass is 32.2. The Morgan fingerprint density at radius 1 is 0.289 bits per heavy atom. The van der Waals surface area contributed by atoms with Crippen molar-refractivity contribution >= 4 is 136 Å². The Labute approximate surface area is 779 Å². The van der Waals surface area contributed by atoms with E-state index in [9.17, 15) is 136 Å². The Morgan fingerprint density at radius 2 is 0.526 bits per heavy atom. The molecule has 13 saturated heterocycles. The van der Waals surface area contributed by atoms with E-state index in [2.05, 4.69) is 47.9 Å². The van der Waals surface area contributed by atoms with Gasteiger partial charge >= 0.3 is 5.97 Å². The van der Waals surface area contributed by atoms with Crippen molar-refractivity contribution in [3.63, 3.8) is 0 Å². The maximum Gasteiger partial charge on any atom is 0.322 e. The summed E-state index contributed by atoms with van der Waals surface area (Å²) >= 11 is 1.34. The summed E-state index contributed by atoms with van der Waals surface area (Å²) < 4.78 is 0. The van der Waals surface area contributed by atoms with Crippen LogP contribution in [0.25, 0.3) is 0 Å². The Hall–Kier alpha value is -11.1. The SMILES string of the molecule is CSCC[C@H](NC(=O)[C@@H]1C[C@@H](O)CN1C(=O)CNC(=O)[C@@H]1CCCN1C(=O)[C@@H]1C[C@@H](O)CN1)C(=O)NCC(=O)N1C[C@H](O)C[C@H]1C(=O)N1CCC[C@H]1C(=O)NCC(=O)N1C[C@H](O)C[C@H]1C(=O)N1CCC[C@H]1C(=O)NCC(=O)N1C[C@H](O)C[C@H]1C(=O)N1CCC[C@H]1C(=O)NCC(=O)N1C[C@H](O)C[C@H]1C(=O)N1CCC[C@H]1C(=O)NCC(=O)N1C[C@H](O)C[C@H]1C(=O)N1CCC[C@H]1C(=O)NCC(=O)O. The van der Waals surface area contributed by atoms with Crippen LogP contribution in [0.4, 0.5) is 0 Å². The Morgan fingerprint density at radius 3 is 0.770 bits per heavy atom. The van der Waals surface area contributed by atoms with E-state index in [1.807, 2.05) is 0 Å². The molecule has 0 aromatic carbocycles. The number of thioether (sulfide) groups is 1. The van der Waals surface area contributed by atoms with E-state index >= 15 is 0 Å². The van der Waals surface area contributed by atoms with Gasteiger partial charge < -0.3 is 148 Å². The molecule has 13 heterocycles. The van der Waals surface area contributed by atoms with Crippen LogP contribution >= 0.6 is 11.8 Å². The van der Waals surface area contributed by atoms with Gasteiger partial charge in [0.15, 0.2) is 0 Å². The Bertz CT molecular complexity index is 4580. The summed E-state index contributed by atoms with van der Waals surface area (Å²) in [6, 6.07) is -16.3. The summed E-state index contributed by atoms with van der Waals surface area (Å²) in [4.78, 5) is 303. The van der Waals surface area contributed by atoms with Gasteiger partial charge in [0.2, 0.25) is 118 Å². The first-order valence-electron chi connectivity index (χ1n) is 46.4. The van der Waals surface area contributed by atoms with Gasteiger partial charge in [-0.25, -0.2) is 0 Å². The summed E-state index contributed by atoms with van der Waals surface area (Å²) in [5.41, 5.74) is 0. The second kappa shape index (κ2) is 44.8. The van der Waals surface area contributed by atoms with Gasteiger partial charge in [-0.2, -0.15) is 11.8 Å². The first-order valence-corrected chi connectivity index (χ1v) is 47.8. The van der Waals surface area contributed by atoms with Gasteiger partial charge in [0, 0.05) is 124 Å². The van der Waals surface area contributed by atoms with Gasteiger partial charge in [-0.15, -0.1) is 0 Å². The van der Waals surface area contributed by atoms with Gasteiger partial charge in [-0.3, -0.25) is 101 Å². The second-order valence-corrected chi connectivity index (χ2v) is 37.9. The molecule has 0 unspecified atom stereocenters. The first kappa shape index (κ1) is 101. The lowest BCUT2D eigenvalue weighted by atomic mass is 10.1. The number of amides is 20. The minimum Gasteiger partial charge on any atom is -0.480 e. The third-order valence-corrected chi connectivity index (χ3v) is 28.5. The smallest absolute Gasteiger partial charge is 0.322 e. The van der Waals surface area contributed by atoms with Crippen LogP contribution in [-0.4, -0.2) is 494 Å². The molecular weight excluding hydrogens is 1800 g/mol. The highest BCUT2D eigenvalue weighted by Gasteiger charge is 2.54. The molecule has 0 aromatic rings. The molecule has 0 aliphatic carbocycles. The summed E-state index contributed by atoms with van der Waals surface area (Å²) in [6.07, 6.45) is -4.02. The fourth-order valence-electron chi connectivity index (χ4n) is 21.2. The van der Waals surface area contributed by atoms with Crippen LogP contribution in [0.15, 0.2) is 0 Å². The molecule has 17 N–H and O–H groups in total. The lowest BCUT2D eigenvalue weighted by Gasteiger charge is -2.32. The number of aliphatic carboxylic acids is 1. The number of carbonyl (C=O) groups excluding carboxylic acids is 20. The van der Waals surface area contributed by atoms with Crippen molar-refractivity contribution in [3.05, 3.63) is 0 Å². The number of likely N-dealkylation sites (tertiary alicyclic amines) is 12. The van der Waals surface area contributed by atoms with Crippen LogP contribution in [0.1, 0.15) is 128 Å². The maximum atomic E-state index is 14.5. The number of aliphatic hydroxyl groups is 7. The van der Waals surface area contributed by atoms with E-state index in [0.29, 0.717) is 57.2 Å². The van der Waals surface area contributed by atoms with Crippen LogP contribution in [0.2, 0.25) is 0 Å². The second-order valence-electron chi connectivity index (χ2n) is 37.0. The Kier molecular flexibility index (Phi) is 33.6. The molecule has 0 radical (unpaired) electrons. The monoisotopic (exact) mass is 1920 g/mol. The molecule has 135 heavy (non-hydrogen) atoms. The number of rotatable bonds is 32. The number of β-amino-alcohol motifs (C(OH)–C–C–N with tert-alkyl or cyclic N) is 7. The number of hydrogen-bond donors (Lipinski definition) is 17. The number of carbonyl (C=O) groups is 21. The topological polar surface area (TPSA) is 667 Å². The molecular formula is C84H123N21O29S. The quantitative estimate of drug-likeness (QED) is 0.0297. The third-order valence-electron chi connectivity index (χ3n) is 27.9. The van der Waals surface area contributed by atoms with E-state index in [-0.39, 0.29) is 168 Å². The molecule has 20 amide bonds. The van der Waals surface area contributed by atoms with Crippen molar-refractivity contribution in [2.75, 3.05) is 143 Å². The number of hydrogen-bond acceptors (Lipinski definition) is 30. The zero-order chi connectivity index (χ0) is 97.2. The molecule has 51 heteroatoms. The van der Waals surface area contributed by atoms with Crippen molar-refractivity contribution in [2.24, 2.45) is 0 Å². The first-order chi connectivity index (χ1) is 64.4. The zero-order valence-electron chi connectivity index (χ0n) is 75.0. The molecule has 0 bridgehead atoms. The molecule has 21 atom stereocenters. The van der Waals surface area contributed by atoms with Crippen molar-refractivity contribution in [3.8, 4) is 0 Å². The van der Waals surface area contributed by atoms with Crippen molar-refractivity contribution in [1.29, 1.82) is 0 Å². The summed E-state index contributed by atoms with van der Waals surface area (Å²) in [5, 5.41) is 107. The molecule has 13 aliphatic rings. The number of aliphatic hydroxyl groups excluding tert-OH is 7.